The maximum atomic E-state index is 16.9. The van der Waals surface area contributed by atoms with Gasteiger partial charge in [0, 0.05) is 31.9 Å². The third-order valence-electron chi connectivity index (χ3n) is 16.3. The molecule has 402 valence electrons. The number of likely N-dealkylation sites (tertiary alicyclic amines) is 2. The number of alkyl carbamates (subject to hydrolysis) is 2. The molecule has 10 rings (SSSR count). The van der Waals surface area contributed by atoms with Gasteiger partial charge in [-0.1, -0.05) is 70.2 Å². The Labute approximate surface area is 442 Å². The normalized spacial score (nSPS) is 21.0. The number of aromatic amines is 2. The summed E-state index contributed by atoms with van der Waals surface area (Å²) < 4.78 is 43.4. The molecule has 18 heteroatoms. The second-order valence-corrected chi connectivity index (χ2v) is 21.8. The average molecular weight is 1040 g/mol. The first-order valence-corrected chi connectivity index (χ1v) is 27.0. The predicted molar refractivity (Wildman–Crippen MR) is 287 cm³/mol. The maximum Gasteiger partial charge on any atom is 0.407 e. The third-order valence-corrected chi connectivity index (χ3v) is 16.3. The second kappa shape index (κ2) is 22.2. The van der Waals surface area contributed by atoms with E-state index >= 15 is 8.78 Å². The van der Waals surface area contributed by atoms with Gasteiger partial charge in [-0.3, -0.25) is 9.59 Å². The Bertz CT molecular complexity index is 2910. The summed E-state index contributed by atoms with van der Waals surface area (Å²) in [6.07, 6.45) is 5.58. The fraction of sp³-hybridized carbons (Fsp3) is 0.483. The number of anilines is 2. The minimum atomic E-state index is -0.767. The maximum absolute atomic E-state index is 16.9. The van der Waals surface area contributed by atoms with E-state index in [9.17, 15) is 19.2 Å². The first-order chi connectivity index (χ1) is 36.7. The van der Waals surface area contributed by atoms with Gasteiger partial charge in [-0.05, 0) is 129 Å². The number of amides is 4. The molecule has 6 heterocycles. The van der Waals surface area contributed by atoms with Gasteiger partial charge in [-0.2, -0.15) is 0 Å². The highest BCUT2D eigenvalue weighted by atomic mass is 19.1. The van der Waals surface area contributed by atoms with Gasteiger partial charge in [-0.15, -0.1) is 0 Å². The molecule has 16 nitrogen and oxygen atoms in total. The highest BCUT2D eigenvalue weighted by Gasteiger charge is 2.41. The molecule has 6 atom stereocenters. The molecule has 4 aromatic carbocycles. The van der Waals surface area contributed by atoms with Gasteiger partial charge < -0.3 is 49.7 Å². The lowest BCUT2D eigenvalue weighted by atomic mass is 9.90. The molecular formula is C58H70F2N10O6. The number of rotatable bonds is 14. The van der Waals surface area contributed by atoms with E-state index in [-0.39, 0.29) is 53.5 Å². The number of H-pyrrole nitrogens is 2. The van der Waals surface area contributed by atoms with Gasteiger partial charge in [0.1, 0.15) is 29.4 Å². The Kier molecular flexibility index (Phi) is 15.2. The third kappa shape index (κ3) is 10.5. The Morgan fingerprint density at radius 3 is 1.54 bits per heavy atom. The van der Waals surface area contributed by atoms with Crippen molar-refractivity contribution < 1.29 is 37.4 Å². The number of nitrogens with zero attached hydrogens (tertiary/aromatic N) is 6. The van der Waals surface area contributed by atoms with Gasteiger partial charge in [-0.25, -0.2) is 28.3 Å². The lowest BCUT2D eigenvalue weighted by molar-refractivity contribution is -0.136. The van der Waals surface area contributed by atoms with Gasteiger partial charge in [0.05, 0.1) is 60.5 Å². The number of hydrogen-bond donors (Lipinski definition) is 4. The highest BCUT2D eigenvalue weighted by molar-refractivity contribution is 5.88. The summed E-state index contributed by atoms with van der Waals surface area (Å²) in [5.74, 6) is -0.204. The molecule has 0 aliphatic carbocycles. The first kappa shape index (κ1) is 52.2. The quantitative estimate of drug-likeness (QED) is 0.0820. The van der Waals surface area contributed by atoms with Crippen molar-refractivity contribution in [1.29, 1.82) is 0 Å². The summed E-state index contributed by atoms with van der Waals surface area (Å²) in [5.41, 5.74) is 6.59. The summed E-state index contributed by atoms with van der Waals surface area (Å²) in [5, 5.41) is 5.44. The molecule has 4 saturated heterocycles. The molecule has 4 aliphatic heterocycles. The SMILES string of the molecule is COC(=O)NC(C(=O)N1CCC[C@H]1c1nc2ccc([C@H]3CC[C@H](c4ccc5nc([C@@H]6CCCN6C(=O)[C@@H](NC(=O)OC)C(C)C)[nH]c5c4)N3c3cc(F)c(N4CCC(Cc5ccccc5)CC4)c(F)c3)cc2[nH]1)C(C)C. The number of fused-ring (bicyclic) bond motifs is 2. The van der Waals surface area contributed by atoms with Crippen molar-refractivity contribution in [3.63, 3.8) is 0 Å². The molecule has 0 saturated carbocycles. The van der Waals surface area contributed by atoms with Crippen LogP contribution in [0.3, 0.4) is 0 Å². The number of halogens is 2. The number of carbonyl (C=O) groups excluding carboxylic acids is 4. The van der Waals surface area contributed by atoms with Gasteiger partial charge >= 0.3 is 12.2 Å². The van der Waals surface area contributed by atoms with Crippen LogP contribution in [0.25, 0.3) is 22.1 Å². The fourth-order valence-corrected chi connectivity index (χ4v) is 12.3. The monoisotopic (exact) mass is 1040 g/mol. The molecule has 2 aromatic heterocycles. The number of imidazole rings is 2. The Morgan fingerprint density at radius 1 is 0.618 bits per heavy atom. The standard InChI is InChI=1S/C58H70F2N10O6/c1-33(2)50(65-57(73)75-5)55(71)68-24-10-14-48(68)53-61-42-18-16-37(29-44(42)63-53)46-20-21-47(70(46)39-31-40(59)52(41(60)32-39)67-26-22-36(23-27-67)28-35-12-8-7-9-13-35)38-17-19-43-45(30-38)64-54(62-43)49-15-11-25-69(49)56(72)51(34(3)4)66-58(74)76-6/h7-9,12-13,16-19,29-34,36,46-51H,10-11,14-15,20-28H2,1-6H3,(H,61,63)(H,62,64)(H,65,73)(H,66,74)/t46-,47-,48+,49+,50+,51?/m1/s1. The molecule has 4 fully saturated rings. The highest BCUT2D eigenvalue weighted by Crippen LogP contribution is 2.49. The molecule has 1 unspecified atom stereocenters. The van der Waals surface area contributed by atoms with E-state index in [4.69, 9.17) is 19.4 Å². The molecule has 0 bridgehead atoms. The molecule has 76 heavy (non-hydrogen) atoms. The Morgan fingerprint density at radius 2 is 1.09 bits per heavy atom. The number of hydrogen-bond acceptors (Lipinski definition) is 10. The number of nitrogens with one attached hydrogen (secondary N) is 4. The predicted octanol–water partition coefficient (Wildman–Crippen LogP) is 10.3. The van der Waals surface area contributed by atoms with Gasteiger partial charge in [0.25, 0.3) is 0 Å². The van der Waals surface area contributed by atoms with E-state index in [0.717, 1.165) is 65.3 Å². The zero-order valence-electron chi connectivity index (χ0n) is 44.3. The number of aromatic nitrogens is 4. The zero-order chi connectivity index (χ0) is 53.4. The average Bonchev–Trinajstić information content (AvgIpc) is 4.30. The van der Waals surface area contributed by atoms with E-state index in [1.165, 1.54) is 31.9 Å². The van der Waals surface area contributed by atoms with Crippen molar-refractivity contribution in [2.75, 3.05) is 50.2 Å². The van der Waals surface area contributed by atoms with Crippen LogP contribution in [0.1, 0.15) is 132 Å². The summed E-state index contributed by atoms with van der Waals surface area (Å²) >= 11 is 0. The Balaban J connectivity index is 0.957. The van der Waals surface area contributed by atoms with Crippen LogP contribution < -0.4 is 20.4 Å². The lowest BCUT2D eigenvalue weighted by Crippen LogP contribution is -2.51. The molecule has 4 aliphatic rings. The van der Waals surface area contributed by atoms with Crippen LogP contribution in [-0.2, 0) is 25.5 Å². The number of piperidine rings is 1. The zero-order valence-corrected chi connectivity index (χ0v) is 44.3. The summed E-state index contributed by atoms with van der Waals surface area (Å²) in [4.78, 5) is 77.1. The minimum absolute atomic E-state index is 0.00693. The number of methoxy groups -OCH3 is 2. The van der Waals surface area contributed by atoms with Crippen LogP contribution in [0.15, 0.2) is 78.9 Å². The van der Waals surface area contributed by atoms with Crippen molar-refractivity contribution in [2.24, 2.45) is 17.8 Å². The van der Waals surface area contributed by atoms with E-state index < -0.39 is 35.9 Å². The van der Waals surface area contributed by atoms with Crippen molar-refractivity contribution >= 4 is 57.4 Å². The van der Waals surface area contributed by atoms with Crippen LogP contribution in [0.2, 0.25) is 0 Å². The van der Waals surface area contributed by atoms with Gasteiger partial charge in [0.2, 0.25) is 11.8 Å². The number of ether oxygens (including phenoxy) is 2. The van der Waals surface area contributed by atoms with E-state index in [1.807, 2.05) is 75.1 Å². The topological polar surface area (TPSA) is 181 Å². The largest absolute Gasteiger partial charge is 0.453 e. The van der Waals surface area contributed by atoms with Crippen LogP contribution in [0.5, 0.6) is 0 Å². The van der Waals surface area contributed by atoms with Crippen LogP contribution in [-0.4, -0.2) is 106 Å². The van der Waals surface area contributed by atoms with Crippen LogP contribution in [0, 0.1) is 29.4 Å². The molecule has 4 N–H and O–H groups in total. The summed E-state index contributed by atoms with van der Waals surface area (Å²) in [7, 11) is 2.55. The molecule has 0 radical (unpaired) electrons. The molecule has 4 amide bonds. The lowest BCUT2D eigenvalue weighted by Gasteiger charge is -2.36. The first-order valence-electron chi connectivity index (χ1n) is 27.0. The minimum Gasteiger partial charge on any atom is -0.453 e. The van der Waals surface area contributed by atoms with Crippen LogP contribution in [0.4, 0.5) is 29.7 Å². The smallest absolute Gasteiger partial charge is 0.407 e. The fourth-order valence-electron chi connectivity index (χ4n) is 12.3. The molecular weight excluding hydrogens is 971 g/mol. The Hall–Kier alpha value is -7.24. The van der Waals surface area contributed by atoms with Crippen molar-refractivity contribution in [1.82, 2.24) is 40.4 Å². The number of benzene rings is 4. The van der Waals surface area contributed by atoms with E-state index in [2.05, 4.69) is 49.8 Å². The van der Waals surface area contributed by atoms with Crippen molar-refractivity contribution in [3.05, 3.63) is 119 Å². The summed E-state index contributed by atoms with van der Waals surface area (Å²) in [6.45, 7) is 9.70. The van der Waals surface area contributed by atoms with Gasteiger partial charge in [0.15, 0.2) is 11.6 Å². The van der Waals surface area contributed by atoms with Crippen LogP contribution >= 0.6 is 0 Å². The molecule has 6 aromatic rings. The number of carbonyl (C=O) groups is 4. The van der Waals surface area contributed by atoms with E-state index in [1.54, 1.807) is 9.80 Å². The van der Waals surface area contributed by atoms with E-state index in [0.29, 0.717) is 75.1 Å². The summed E-state index contributed by atoms with van der Waals surface area (Å²) in [6, 6.07) is 22.7. The van der Waals surface area contributed by atoms with Crippen molar-refractivity contribution in [2.45, 2.75) is 122 Å². The molecule has 0 spiro atoms. The van der Waals surface area contributed by atoms with Crippen molar-refractivity contribution in [3.8, 4) is 0 Å². The second-order valence-electron chi connectivity index (χ2n) is 21.8.